The Morgan fingerprint density at radius 1 is 1.11 bits per heavy atom. The monoisotopic (exact) mass is 669 g/mol. The van der Waals surface area contributed by atoms with Crippen LogP contribution in [0.5, 0.6) is 5.75 Å². The molecule has 1 aromatic carbocycles. The van der Waals surface area contributed by atoms with Crippen LogP contribution in [0.15, 0.2) is 47.4 Å². The van der Waals surface area contributed by atoms with Crippen molar-refractivity contribution in [3.8, 4) is 5.75 Å². The summed E-state index contributed by atoms with van der Waals surface area (Å²) in [6.07, 6.45) is -2.43. The number of hydrogen-bond donors (Lipinski definition) is 5. The second-order valence-corrected chi connectivity index (χ2v) is 13.8. The molecule has 1 fully saturated rings. The minimum atomic E-state index is -4.55. The van der Waals surface area contributed by atoms with Gasteiger partial charge < -0.3 is 34.7 Å². The molecule has 256 valence electrons. The Bertz CT molecular complexity index is 1400. The highest BCUT2D eigenvalue weighted by molar-refractivity contribution is 7.52. The summed E-state index contributed by atoms with van der Waals surface area (Å²) in [6.45, 7) is 8.67. The average molecular weight is 670 g/mol. The van der Waals surface area contributed by atoms with Crippen molar-refractivity contribution in [1.82, 2.24) is 10.1 Å². The maximum Gasteiger partial charge on any atom is 0.499 e. The number of benzene rings is 1. The zero-order valence-electron chi connectivity index (χ0n) is 26.8. The molecule has 0 saturated carbocycles. The number of anilines is 1. The molecule has 0 radical (unpaired) electrons. The Labute approximate surface area is 267 Å². The van der Waals surface area contributed by atoms with Gasteiger partial charge in [-0.25, -0.2) is 4.57 Å². The third kappa shape index (κ3) is 10.6. The lowest BCUT2D eigenvalue weighted by Gasteiger charge is -2.26. The number of carbonyl (C=O) groups is 2. The predicted molar refractivity (Wildman–Crippen MR) is 165 cm³/mol. The van der Waals surface area contributed by atoms with Gasteiger partial charge in [-0.1, -0.05) is 45.9 Å². The van der Waals surface area contributed by atoms with Gasteiger partial charge in [0.25, 0.3) is 0 Å². The normalized spacial score (nSPS) is 23.2. The maximum atomic E-state index is 14.2. The molecular weight excluding hydrogens is 623 g/mol. The molecule has 0 unspecified atom stereocenters. The van der Waals surface area contributed by atoms with Crippen LogP contribution in [0.1, 0.15) is 60.1 Å². The molecule has 1 aliphatic rings. The number of aliphatic hydroxyl groups is 2. The van der Waals surface area contributed by atoms with Gasteiger partial charge in [0.15, 0.2) is 11.4 Å². The van der Waals surface area contributed by atoms with Crippen molar-refractivity contribution in [2.24, 2.45) is 11.8 Å². The first-order chi connectivity index (χ1) is 21.6. The fraction of sp³-hybridized carbons (Fsp3) is 0.600. The van der Waals surface area contributed by atoms with E-state index >= 15 is 0 Å². The number of ether oxygens (including phenoxy) is 3. The highest BCUT2D eigenvalue weighted by Gasteiger charge is 2.56. The van der Waals surface area contributed by atoms with Crippen LogP contribution < -0.4 is 25.6 Å². The maximum absolute atomic E-state index is 14.2. The number of hydrogen-bond acceptors (Lipinski definition) is 12. The van der Waals surface area contributed by atoms with Crippen LogP contribution in [-0.4, -0.2) is 70.8 Å². The average Bonchev–Trinajstić information content (AvgIpc) is 3.19. The first-order valence-electron chi connectivity index (χ1n) is 15.2. The number of nitrogens with two attached hydrogens (primary N) is 1. The number of H-pyrrole nitrogens is 1. The number of carbonyl (C=O) groups excluding carboxylic acids is 2. The van der Waals surface area contributed by atoms with Gasteiger partial charge in [-0.15, -0.1) is 0 Å². The molecule has 1 aromatic heterocycles. The molecule has 1 aliphatic heterocycles. The van der Waals surface area contributed by atoms with Crippen molar-refractivity contribution in [3.63, 3.8) is 0 Å². The highest BCUT2D eigenvalue weighted by Crippen LogP contribution is 2.46. The van der Waals surface area contributed by atoms with Gasteiger partial charge in [-0.05, 0) is 43.7 Å². The smallest absolute Gasteiger partial charge is 0.466 e. The second-order valence-electron chi connectivity index (χ2n) is 12.1. The Morgan fingerprint density at radius 2 is 1.74 bits per heavy atom. The van der Waals surface area contributed by atoms with Crippen LogP contribution in [0.3, 0.4) is 0 Å². The minimum absolute atomic E-state index is 0.0578. The molecule has 6 N–H and O–H groups in total. The van der Waals surface area contributed by atoms with E-state index in [2.05, 4.69) is 10.1 Å². The number of esters is 2. The largest absolute Gasteiger partial charge is 0.499 e. The van der Waals surface area contributed by atoms with E-state index in [9.17, 15) is 29.2 Å². The number of aromatic nitrogens is 2. The molecule has 6 atom stereocenters. The first-order valence-corrected chi connectivity index (χ1v) is 16.7. The molecule has 0 bridgehead atoms. The Kier molecular flexibility index (Phi) is 13.3. The van der Waals surface area contributed by atoms with Crippen LogP contribution in [0.4, 0.5) is 5.82 Å². The van der Waals surface area contributed by atoms with E-state index in [-0.39, 0.29) is 36.6 Å². The van der Waals surface area contributed by atoms with E-state index in [0.717, 1.165) is 4.57 Å². The number of nitrogens with zero attached hydrogens (tertiary/aromatic N) is 1. The summed E-state index contributed by atoms with van der Waals surface area (Å²) >= 11 is 0. The fourth-order valence-corrected chi connectivity index (χ4v) is 5.91. The number of nitrogen functional groups attached to an aromatic ring is 1. The summed E-state index contributed by atoms with van der Waals surface area (Å²) in [4.78, 5) is 40.7. The first kappa shape index (κ1) is 37.1. The van der Waals surface area contributed by atoms with Crippen molar-refractivity contribution in [2.45, 2.75) is 84.0 Å². The van der Waals surface area contributed by atoms with Gasteiger partial charge >= 0.3 is 25.4 Å². The summed E-state index contributed by atoms with van der Waals surface area (Å²) in [5.41, 5.74) is 2.91. The standard InChI is InChI=1S/C30H45N4O11P/c1-19(2)12-15-41-25(35)17-22(27(37)42-16-13-20(3)4)33-46(40,45-21-9-7-6-8-10-21)43-18-23-26(36)30(5,39)28(44-23)34-14-11-24(31)32-29(34)38/h6-11,14,19-20,22-23,26,28,36,39H,12-13,15-18H2,1-5H3,(H3,31,32,33,38,40)/p+1/t22-,23+,26+,28+,30+,46+/m0/s1. The second kappa shape index (κ2) is 16.5. The molecule has 2 heterocycles. The third-order valence-electron chi connectivity index (χ3n) is 7.15. The van der Waals surface area contributed by atoms with Crippen molar-refractivity contribution in [2.75, 3.05) is 25.6 Å². The summed E-state index contributed by atoms with van der Waals surface area (Å²) in [6, 6.07) is 7.82. The highest BCUT2D eigenvalue weighted by atomic mass is 31.2. The summed E-state index contributed by atoms with van der Waals surface area (Å²) in [5.74, 6) is -0.916. The zero-order valence-corrected chi connectivity index (χ0v) is 27.7. The van der Waals surface area contributed by atoms with Crippen LogP contribution in [0, 0.1) is 11.8 Å². The summed E-state index contributed by atoms with van der Waals surface area (Å²) < 4.78 is 43.1. The summed E-state index contributed by atoms with van der Waals surface area (Å²) in [7, 11) is -4.55. The third-order valence-corrected chi connectivity index (χ3v) is 8.72. The number of nitrogens with one attached hydrogen (secondary N) is 2. The van der Waals surface area contributed by atoms with Crippen LogP contribution >= 0.6 is 7.75 Å². The minimum Gasteiger partial charge on any atom is -0.466 e. The van der Waals surface area contributed by atoms with Crippen LogP contribution in [0.2, 0.25) is 0 Å². The van der Waals surface area contributed by atoms with Crippen molar-refractivity contribution in [1.29, 1.82) is 0 Å². The fourth-order valence-electron chi connectivity index (χ4n) is 4.40. The molecule has 1 saturated heterocycles. The van der Waals surface area contributed by atoms with Gasteiger partial charge in [-0.2, -0.15) is 19.4 Å². The zero-order chi connectivity index (χ0) is 34.1. The molecule has 0 spiro atoms. The van der Waals surface area contributed by atoms with Gasteiger partial charge in [-0.3, -0.25) is 14.1 Å². The Morgan fingerprint density at radius 3 is 2.35 bits per heavy atom. The molecule has 15 nitrogen and oxygen atoms in total. The van der Waals surface area contributed by atoms with Gasteiger partial charge in [0.05, 0.1) is 26.2 Å². The molecule has 46 heavy (non-hydrogen) atoms. The molecule has 0 amide bonds. The van der Waals surface area contributed by atoms with Crippen molar-refractivity contribution < 1.29 is 52.2 Å². The molecule has 0 aliphatic carbocycles. The number of aromatic amines is 1. The molecule has 16 heteroatoms. The molecule has 3 rings (SSSR count). The van der Waals surface area contributed by atoms with E-state index in [1.54, 1.807) is 18.2 Å². The molecular formula is C30H46N4O11P+. The van der Waals surface area contributed by atoms with Crippen LogP contribution in [0.25, 0.3) is 0 Å². The quantitative estimate of drug-likeness (QED) is 0.0927. The molecule has 2 aromatic rings. The lowest BCUT2D eigenvalue weighted by Crippen LogP contribution is -2.61. The van der Waals surface area contributed by atoms with E-state index in [1.165, 1.54) is 31.3 Å². The van der Waals surface area contributed by atoms with Gasteiger partial charge in [0.1, 0.15) is 30.2 Å². The summed E-state index contributed by atoms with van der Waals surface area (Å²) in [5, 5.41) is 24.6. The predicted octanol–water partition coefficient (Wildman–Crippen LogP) is 1.98. The van der Waals surface area contributed by atoms with E-state index in [0.29, 0.717) is 12.8 Å². The van der Waals surface area contributed by atoms with E-state index < -0.39 is 68.5 Å². The van der Waals surface area contributed by atoms with Crippen molar-refractivity contribution in [3.05, 3.63) is 53.1 Å². The van der Waals surface area contributed by atoms with Gasteiger partial charge in [0.2, 0.25) is 6.23 Å². The van der Waals surface area contributed by atoms with E-state index in [1.807, 2.05) is 27.7 Å². The lowest BCUT2D eigenvalue weighted by atomic mass is 9.96. The number of para-hydroxylation sites is 1. The SMILES string of the molecule is CC(C)CCOC(=O)C[C@H](N[P@@](=O)(OC[C@H]1O[C@@H]([n+]2ccc(N)[nH]c2=O)[C@](C)(O)[C@@H]1O)Oc1ccccc1)C(=O)OCCC(C)C. The Hall–Kier alpha value is -3.33. The van der Waals surface area contributed by atoms with Gasteiger partial charge in [0, 0.05) is 6.07 Å². The number of aliphatic hydroxyl groups excluding tert-OH is 1. The van der Waals surface area contributed by atoms with E-state index in [4.69, 9.17) is 29.0 Å². The Balaban J connectivity index is 1.84. The van der Waals surface area contributed by atoms with Crippen LogP contribution in [-0.2, 0) is 32.9 Å². The lowest BCUT2D eigenvalue weighted by molar-refractivity contribution is -0.786. The topological polar surface area (TPSA) is 213 Å². The van der Waals surface area contributed by atoms with Crippen molar-refractivity contribution >= 4 is 25.5 Å². The number of rotatable bonds is 17.